The first kappa shape index (κ1) is 42.3. The maximum Gasteiger partial charge on any atom is 0.273 e. The highest BCUT2D eigenvalue weighted by Crippen LogP contribution is 2.36. The first-order chi connectivity index (χ1) is 35.3. The average molecular weight is 943 g/mol. The lowest BCUT2D eigenvalue weighted by Gasteiger charge is -2.12. The Hall–Kier alpha value is -9.82. The van der Waals surface area contributed by atoms with Crippen LogP contribution in [0.25, 0.3) is 89.7 Å². The van der Waals surface area contributed by atoms with E-state index in [2.05, 4.69) is 156 Å². The van der Waals surface area contributed by atoms with Crippen LogP contribution < -0.4 is 27.7 Å². The number of aryl methyl sites for hydroxylation is 4. The van der Waals surface area contributed by atoms with Crippen molar-refractivity contribution in [2.45, 2.75) is 0 Å². The number of fused-ring (bicyclic) bond motifs is 4. The molecule has 0 spiro atoms. The molecule has 0 bridgehead atoms. The number of rotatable bonds is 10. The molecule has 346 valence electrons. The van der Waals surface area contributed by atoms with Crippen molar-refractivity contribution in [3.8, 4) is 68.0 Å². The minimum atomic E-state index is 0.680. The summed E-state index contributed by atoms with van der Waals surface area (Å²) < 4.78 is 30.3. The molecule has 0 atom stereocenters. The summed E-state index contributed by atoms with van der Waals surface area (Å²) in [5.74, 6) is 2.75. The summed E-state index contributed by atoms with van der Waals surface area (Å²) >= 11 is 0. The Kier molecular flexibility index (Phi) is 9.98. The first-order valence-corrected chi connectivity index (χ1v) is 23.5. The quantitative estimate of drug-likeness (QED) is 0.127. The van der Waals surface area contributed by atoms with Crippen LogP contribution in [0.2, 0.25) is 0 Å². The lowest BCUT2D eigenvalue weighted by molar-refractivity contribution is -0.645. The molecule has 0 N–H and O–H groups in total. The van der Waals surface area contributed by atoms with Crippen molar-refractivity contribution >= 4 is 44.7 Å². The van der Waals surface area contributed by atoms with Gasteiger partial charge < -0.3 is 9.47 Å². The molecule has 14 nitrogen and oxygen atoms in total. The second-order valence-electron chi connectivity index (χ2n) is 18.0. The zero-order valence-electron chi connectivity index (χ0n) is 39.8. The van der Waals surface area contributed by atoms with Gasteiger partial charge in [-0.2, -0.15) is 18.3 Å². The van der Waals surface area contributed by atoms with Crippen LogP contribution in [0.4, 0.5) is 0 Å². The van der Waals surface area contributed by atoms with Gasteiger partial charge in [0, 0.05) is 49.1 Å². The lowest BCUT2D eigenvalue weighted by Crippen LogP contribution is -2.25. The molecule has 13 rings (SSSR count). The Morgan fingerprint density at radius 1 is 0.306 bits per heavy atom. The van der Waals surface area contributed by atoms with Crippen molar-refractivity contribution in [2.75, 3.05) is 0 Å². The van der Waals surface area contributed by atoms with Crippen LogP contribution in [-0.2, 0) is 28.2 Å². The second-order valence-corrected chi connectivity index (χ2v) is 18.0. The van der Waals surface area contributed by atoms with Crippen molar-refractivity contribution in [1.29, 1.82) is 0 Å². The van der Waals surface area contributed by atoms with E-state index in [1.54, 1.807) is 0 Å². The van der Waals surface area contributed by atoms with Gasteiger partial charge in [-0.1, -0.05) is 36.4 Å². The molecule has 8 aromatic heterocycles. The van der Waals surface area contributed by atoms with Crippen molar-refractivity contribution in [3.05, 3.63) is 208 Å². The summed E-state index contributed by atoms with van der Waals surface area (Å²) in [4.78, 5) is 18.9. The molecule has 8 heterocycles. The van der Waals surface area contributed by atoms with Crippen LogP contribution >= 0.6 is 0 Å². The third-order valence-electron chi connectivity index (χ3n) is 13.2. The summed E-state index contributed by atoms with van der Waals surface area (Å²) in [6.07, 6.45) is 15.5. The molecule has 0 saturated carbocycles. The lowest BCUT2D eigenvalue weighted by atomic mass is 9.99. The number of benzene rings is 5. The second kappa shape index (κ2) is 17.0. The highest BCUT2D eigenvalue weighted by atomic mass is 16.5. The highest BCUT2D eigenvalue weighted by molar-refractivity contribution is 5.78. The van der Waals surface area contributed by atoms with Crippen molar-refractivity contribution in [3.63, 3.8) is 0 Å². The molecule has 72 heavy (non-hydrogen) atoms. The molecule has 14 heteroatoms. The van der Waals surface area contributed by atoms with E-state index in [0.717, 1.165) is 89.7 Å². The molecule has 0 aliphatic heterocycles. The van der Waals surface area contributed by atoms with Crippen LogP contribution in [0.5, 0.6) is 23.0 Å². The standard InChI is InChI=1S/C58H46N12O2/c1-63-35-67(55-51(63)15-7-23-59-55)43-11-5-13-47(31-43)71-49-29-41(27-45(33-49)69-37-65(3)53-17-9-25-61-57(53)69)39-19-21-40(22-20-39)42-28-46(70-38-66(4)54-18-10-26-62-58(54)70)34-50(30-42)72-48-14-6-12-44(32-48)68-36-64(2)52-16-8-24-60-56(52)68/h5-38H,1-4H3/q+4. The number of imidazole rings is 4. The van der Waals surface area contributed by atoms with Gasteiger partial charge in [0.1, 0.15) is 45.7 Å². The van der Waals surface area contributed by atoms with Gasteiger partial charge in [-0.05, 0) is 119 Å². The fourth-order valence-electron chi connectivity index (χ4n) is 9.73. The average Bonchev–Trinajstić information content (AvgIpc) is 4.16. The Labute approximate surface area is 413 Å². The molecule has 0 amide bonds. The predicted molar refractivity (Wildman–Crippen MR) is 274 cm³/mol. The van der Waals surface area contributed by atoms with E-state index in [1.165, 1.54) is 0 Å². The minimum absolute atomic E-state index is 0.680. The zero-order valence-corrected chi connectivity index (χ0v) is 39.8. The summed E-state index contributed by atoms with van der Waals surface area (Å²) in [5.41, 5.74) is 15.2. The molecule has 13 aromatic rings. The van der Waals surface area contributed by atoms with Crippen molar-refractivity contribution in [2.24, 2.45) is 28.2 Å². The van der Waals surface area contributed by atoms with Gasteiger partial charge in [0.05, 0.1) is 28.2 Å². The topological polar surface area (TPSA) is 105 Å². The highest BCUT2D eigenvalue weighted by Gasteiger charge is 2.23. The van der Waals surface area contributed by atoms with E-state index in [4.69, 9.17) is 19.4 Å². The molecule has 0 saturated heterocycles. The number of hydrogen-bond donors (Lipinski definition) is 0. The molecule has 0 unspecified atom stereocenters. The number of aromatic nitrogens is 12. The van der Waals surface area contributed by atoms with E-state index in [9.17, 15) is 0 Å². The van der Waals surface area contributed by atoms with Gasteiger partial charge in [0.15, 0.2) is 22.1 Å². The summed E-state index contributed by atoms with van der Waals surface area (Å²) in [7, 11) is 8.12. The molecule has 0 fully saturated rings. The molecule has 0 radical (unpaired) electrons. The molecular weight excluding hydrogens is 897 g/mol. The summed E-state index contributed by atoms with van der Waals surface area (Å²) in [5, 5.41) is 0. The number of nitrogens with zero attached hydrogens (tertiary/aromatic N) is 12. The fraction of sp³-hybridized carbons (Fsp3) is 0.0690. The summed E-state index contributed by atoms with van der Waals surface area (Å²) in [6.45, 7) is 0. The van der Waals surface area contributed by atoms with Crippen LogP contribution in [0.3, 0.4) is 0 Å². The van der Waals surface area contributed by atoms with Crippen LogP contribution in [-0.4, -0.2) is 38.2 Å². The van der Waals surface area contributed by atoms with Crippen molar-refractivity contribution in [1.82, 2.24) is 38.2 Å². The van der Waals surface area contributed by atoms with Crippen LogP contribution in [0, 0.1) is 0 Å². The number of pyridine rings is 4. The number of hydrogen-bond acceptors (Lipinski definition) is 6. The Balaban J connectivity index is 0.884. The maximum absolute atomic E-state index is 6.79. The largest absolute Gasteiger partial charge is 0.457 e. The van der Waals surface area contributed by atoms with E-state index in [1.807, 2.05) is 126 Å². The monoisotopic (exact) mass is 942 g/mol. The van der Waals surface area contributed by atoms with E-state index in [0.29, 0.717) is 23.0 Å². The Bertz CT molecular complexity index is 3970. The zero-order chi connectivity index (χ0) is 48.5. The van der Waals surface area contributed by atoms with Crippen LogP contribution in [0.15, 0.2) is 208 Å². The minimum Gasteiger partial charge on any atom is -0.457 e. The molecule has 0 aliphatic carbocycles. The van der Waals surface area contributed by atoms with E-state index >= 15 is 0 Å². The molecule has 0 aliphatic rings. The number of ether oxygens (including phenoxy) is 2. The molecule has 5 aromatic carbocycles. The Morgan fingerprint density at radius 2 is 0.625 bits per heavy atom. The Morgan fingerprint density at radius 3 is 0.972 bits per heavy atom. The summed E-state index contributed by atoms with van der Waals surface area (Å²) in [6, 6.07) is 53.6. The van der Waals surface area contributed by atoms with Crippen LogP contribution in [0.1, 0.15) is 0 Å². The molecular formula is C58H46N12O2+4. The van der Waals surface area contributed by atoms with Crippen molar-refractivity contribution < 1.29 is 27.7 Å². The van der Waals surface area contributed by atoms with Gasteiger partial charge in [-0.15, -0.1) is 0 Å². The smallest absolute Gasteiger partial charge is 0.273 e. The third-order valence-corrected chi connectivity index (χ3v) is 13.2. The van der Waals surface area contributed by atoms with Gasteiger partial charge in [0.25, 0.3) is 47.9 Å². The normalized spacial score (nSPS) is 11.6. The third kappa shape index (κ3) is 7.45. The SMILES string of the molecule is C[n+]1cn(-c2cccc(Oc3cc(-c4ccc(-c5cc(Oc6cccc(-n7c[n+](C)c8cccnc87)c6)cc(-n6c[n+](C)c7cccnc76)c5)cc4)cc(-n4c[n+](C)c5cccnc54)c3)c2)c2ncccc21. The first-order valence-electron chi connectivity index (χ1n) is 23.5. The maximum atomic E-state index is 6.79. The van der Waals surface area contributed by atoms with Gasteiger partial charge in [-0.3, -0.25) is 0 Å². The fourth-order valence-corrected chi connectivity index (χ4v) is 9.73. The predicted octanol–water partition coefficient (Wildman–Crippen LogP) is 9.26. The van der Waals surface area contributed by atoms with Gasteiger partial charge in [0.2, 0.25) is 0 Å². The van der Waals surface area contributed by atoms with E-state index < -0.39 is 0 Å². The van der Waals surface area contributed by atoms with Gasteiger partial charge >= 0.3 is 0 Å². The van der Waals surface area contributed by atoms with E-state index in [-0.39, 0.29) is 0 Å². The van der Waals surface area contributed by atoms with Gasteiger partial charge in [-0.25, -0.2) is 38.2 Å².